The van der Waals surface area contributed by atoms with Crippen molar-refractivity contribution in [1.82, 2.24) is 15.2 Å². The number of benzene rings is 2. The van der Waals surface area contributed by atoms with E-state index in [0.717, 1.165) is 59.6 Å². The standard InChI is InChI=1S/C24H30N4OS2.ClH/c1-4-30-20-8-6-5-7-19(20)23(29)25-9-10-27-11-13-28(14-12-27)24-26-22-18(3)15-17(2)16-21(22)31-24;/h5-8,15-16H,4,9-14H2,1-3H3,(H,25,29);1H. The molecule has 0 atom stereocenters. The van der Waals surface area contributed by atoms with Gasteiger partial charge in [-0.3, -0.25) is 9.69 Å². The molecule has 4 rings (SSSR count). The van der Waals surface area contributed by atoms with Crippen molar-refractivity contribution in [2.24, 2.45) is 0 Å². The minimum absolute atomic E-state index is 0. The zero-order valence-electron chi connectivity index (χ0n) is 18.9. The number of anilines is 1. The molecule has 1 fully saturated rings. The van der Waals surface area contributed by atoms with Crippen LogP contribution >= 0.6 is 35.5 Å². The van der Waals surface area contributed by atoms with Crippen molar-refractivity contribution >= 4 is 56.8 Å². The average molecular weight is 491 g/mol. The van der Waals surface area contributed by atoms with Gasteiger partial charge in [-0.05, 0) is 48.9 Å². The number of amides is 1. The predicted octanol–water partition coefficient (Wildman–Crippen LogP) is 5.00. The van der Waals surface area contributed by atoms with Gasteiger partial charge >= 0.3 is 0 Å². The highest BCUT2D eigenvalue weighted by atomic mass is 35.5. The Balaban J connectivity index is 0.00000289. The second-order valence-corrected chi connectivity index (χ2v) is 10.3. The van der Waals surface area contributed by atoms with Gasteiger partial charge in [-0.1, -0.05) is 36.5 Å². The minimum atomic E-state index is 0. The van der Waals surface area contributed by atoms with Gasteiger partial charge in [0.15, 0.2) is 5.13 Å². The summed E-state index contributed by atoms with van der Waals surface area (Å²) >= 11 is 3.51. The lowest BCUT2D eigenvalue weighted by molar-refractivity contribution is 0.0945. The molecule has 1 saturated heterocycles. The highest BCUT2D eigenvalue weighted by molar-refractivity contribution is 7.99. The van der Waals surface area contributed by atoms with E-state index in [2.05, 4.69) is 48.0 Å². The highest BCUT2D eigenvalue weighted by Crippen LogP contribution is 2.32. The maximum Gasteiger partial charge on any atom is 0.252 e. The second kappa shape index (κ2) is 11.4. The summed E-state index contributed by atoms with van der Waals surface area (Å²) in [6.07, 6.45) is 0. The first-order valence-corrected chi connectivity index (χ1v) is 12.7. The summed E-state index contributed by atoms with van der Waals surface area (Å²) in [5.41, 5.74) is 4.46. The third kappa shape index (κ3) is 5.76. The number of thioether (sulfide) groups is 1. The highest BCUT2D eigenvalue weighted by Gasteiger charge is 2.20. The molecule has 1 aliphatic heterocycles. The first-order chi connectivity index (χ1) is 15.0. The average Bonchev–Trinajstić information content (AvgIpc) is 3.19. The first kappa shape index (κ1) is 24.8. The van der Waals surface area contributed by atoms with Gasteiger partial charge < -0.3 is 10.2 Å². The minimum Gasteiger partial charge on any atom is -0.351 e. The maximum absolute atomic E-state index is 12.6. The fourth-order valence-corrected chi connectivity index (χ4v) is 6.01. The molecule has 172 valence electrons. The van der Waals surface area contributed by atoms with Crippen LogP contribution in [0.4, 0.5) is 5.13 Å². The lowest BCUT2D eigenvalue weighted by Crippen LogP contribution is -2.48. The lowest BCUT2D eigenvalue weighted by atomic mass is 10.1. The van der Waals surface area contributed by atoms with Crippen LogP contribution in [0.25, 0.3) is 10.2 Å². The van der Waals surface area contributed by atoms with E-state index in [1.165, 1.54) is 15.8 Å². The number of thiazole rings is 1. The summed E-state index contributed by atoms with van der Waals surface area (Å²) < 4.78 is 1.28. The summed E-state index contributed by atoms with van der Waals surface area (Å²) in [7, 11) is 0. The number of nitrogens with zero attached hydrogens (tertiary/aromatic N) is 3. The molecule has 5 nitrogen and oxygen atoms in total. The van der Waals surface area contributed by atoms with Crippen molar-refractivity contribution in [2.45, 2.75) is 25.7 Å². The van der Waals surface area contributed by atoms with E-state index in [0.29, 0.717) is 6.54 Å². The summed E-state index contributed by atoms with van der Waals surface area (Å²) in [4.78, 5) is 23.4. The van der Waals surface area contributed by atoms with Crippen LogP contribution in [0, 0.1) is 13.8 Å². The SMILES string of the molecule is CCSc1ccccc1C(=O)NCCN1CCN(c2nc3c(C)cc(C)cc3s2)CC1.Cl. The van der Waals surface area contributed by atoms with E-state index in [9.17, 15) is 4.79 Å². The third-order valence-corrected chi connectivity index (χ3v) is 7.63. The molecule has 0 aliphatic carbocycles. The second-order valence-electron chi connectivity index (χ2n) is 7.94. The largest absolute Gasteiger partial charge is 0.351 e. The Hall–Kier alpha value is -1.80. The summed E-state index contributed by atoms with van der Waals surface area (Å²) in [6, 6.07) is 12.3. The number of piperazine rings is 1. The zero-order valence-corrected chi connectivity index (χ0v) is 21.3. The van der Waals surface area contributed by atoms with Gasteiger partial charge in [0.2, 0.25) is 0 Å². The van der Waals surface area contributed by atoms with Crippen molar-refractivity contribution < 1.29 is 4.79 Å². The van der Waals surface area contributed by atoms with Crippen molar-refractivity contribution in [2.75, 3.05) is 49.9 Å². The number of carbonyl (C=O) groups is 1. The Kier molecular flexibility index (Phi) is 8.82. The van der Waals surface area contributed by atoms with Gasteiger partial charge in [-0.25, -0.2) is 4.98 Å². The van der Waals surface area contributed by atoms with Crippen LogP contribution in [0.5, 0.6) is 0 Å². The molecule has 1 aromatic heterocycles. The molecule has 2 aromatic carbocycles. The number of aryl methyl sites for hydroxylation is 2. The number of carbonyl (C=O) groups excluding carboxylic acids is 1. The molecular formula is C24H31ClN4OS2. The number of nitrogens with one attached hydrogen (secondary N) is 1. The van der Waals surface area contributed by atoms with Crippen LogP contribution in [0.1, 0.15) is 28.4 Å². The van der Waals surface area contributed by atoms with E-state index in [1.807, 2.05) is 24.3 Å². The Labute approximate surface area is 205 Å². The molecule has 8 heteroatoms. The van der Waals surface area contributed by atoms with Crippen LogP contribution in [0.15, 0.2) is 41.3 Å². The molecule has 1 aliphatic rings. The van der Waals surface area contributed by atoms with Crippen LogP contribution in [-0.4, -0.2) is 60.8 Å². The normalized spacial score (nSPS) is 14.4. The summed E-state index contributed by atoms with van der Waals surface area (Å²) in [6.45, 7) is 11.9. The summed E-state index contributed by atoms with van der Waals surface area (Å²) in [5, 5.41) is 4.23. The van der Waals surface area contributed by atoms with Crippen LogP contribution in [-0.2, 0) is 0 Å². The fraction of sp³-hybridized carbons (Fsp3) is 0.417. The monoisotopic (exact) mass is 490 g/mol. The lowest BCUT2D eigenvalue weighted by Gasteiger charge is -2.34. The molecule has 0 bridgehead atoms. The molecule has 0 saturated carbocycles. The number of hydrogen-bond donors (Lipinski definition) is 1. The van der Waals surface area contributed by atoms with Crippen molar-refractivity contribution in [3.05, 3.63) is 53.1 Å². The molecule has 32 heavy (non-hydrogen) atoms. The molecule has 2 heterocycles. The number of rotatable bonds is 7. The quantitative estimate of drug-likeness (QED) is 0.472. The van der Waals surface area contributed by atoms with Crippen LogP contribution in [0.3, 0.4) is 0 Å². The van der Waals surface area contributed by atoms with E-state index in [1.54, 1.807) is 23.1 Å². The molecule has 3 aromatic rings. The molecule has 0 radical (unpaired) electrons. The topological polar surface area (TPSA) is 48.5 Å². The molecule has 0 spiro atoms. The first-order valence-electron chi connectivity index (χ1n) is 10.9. The molecule has 1 N–H and O–H groups in total. The molecule has 1 amide bonds. The van der Waals surface area contributed by atoms with Gasteiger partial charge in [-0.15, -0.1) is 24.2 Å². The van der Waals surface area contributed by atoms with Crippen LogP contribution in [0.2, 0.25) is 0 Å². The van der Waals surface area contributed by atoms with E-state index < -0.39 is 0 Å². The fourth-order valence-electron chi connectivity index (χ4n) is 4.02. The van der Waals surface area contributed by atoms with Crippen molar-refractivity contribution in [3.8, 4) is 0 Å². The van der Waals surface area contributed by atoms with Gasteiger partial charge in [0.05, 0.1) is 15.8 Å². The Morgan fingerprint density at radius 3 is 2.66 bits per heavy atom. The van der Waals surface area contributed by atoms with Gasteiger partial charge in [0, 0.05) is 44.2 Å². The number of halogens is 1. The summed E-state index contributed by atoms with van der Waals surface area (Å²) in [5.74, 6) is 0.984. The Morgan fingerprint density at radius 2 is 1.91 bits per heavy atom. The van der Waals surface area contributed by atoms with E-state index in [-0.39, 0.29) is 18.3 Å². The number of hydrogen-bond acceptors (Lipinski definition) is 6. The predicted molar refractivity (Wildman–Crippen MR) is 140 cm³/mol. The van der Waals surface area contributed by atoms with Gasteiger partial charge in [0.1, 0.15) is 0 Å². The van der Waals surface area contributed by atoms with Crippen LogP contribution < -0.4 is 10.2 Å². The van der Waals surface area contributed by atoms with Gasteiger partial charge in [0.25, 0.3) is 5.91 Å². The van der Waals surface area contributed by atoms with Crippen molar-refractivity contribution in [3.63, 3.8) is 0 Å². The number of aromatic nitrogens is 1. The number of fused-ring (bicyclic) bond motifs is 1. The Morgan fingerprint density at radius 1 is 1.16 bits per heavy atom. The molecular weight excluding hydrogens is 460 g/mol. The van der Waals surface area contributed by atoms with E-state index >= 15 is 0 Å². The third-order valence-electron chi connectivity index (χ3n) is 5.61. The smallest absolute Gasteiger partial charge is 0.252 e. The molecule has 0 unspecified atom stereocenters. The zero-order chi connectivity index (χ0) is 21.8. The maximum atomic E-state index is 12.6. The van der Waals surface area contributed by atoms with E-state index in [4.69, 9.17) is 4.98 Å². The van der Waals surface area contributed by atoms with Gasteiger partial charge in [-0.2, -0.15) is 0 Å². The Bertz CT molecular complexity index is 1060. The van der Waals surface area contributed by atoms with Crippen molar-refractivity contribution in [1.29, 1.82) is 0 Å².